The highest BCUT2D eigenvalue weighted by Crippen LogP contribution is 2.29. The Morgan fingerprint density at radius 1 is 1.33 bits per heavy atom. The van der Waals surface area contributed by atoms with Gasteiger partial charge in [-0.05, 0) is 18.6 Å². The Balaban J connectivity index is 2.09. The first-order chi connectivity index (χ1) is 10.0. The lowest BCUT2D eigenvalue weighted by Gasteiger charge is -2.35. The van der Waals surface area contributed by atoms with Crippen molar-refractivity contribution in [3.05, 3.63) is 34.1 Å². The summed E-state index contributed by atoms with van der Waals surface area (Å²) in [5, 5.41) is 11.0. The van der Waals surface area contributed by atoms with Crippen LogP contribution in [0.1, 0.15) is 19.8 Å². The monoisotopic (exact) mass is 295 g/mol. The lowest BCUT2D eigenvalue weighted by atomic mass is 10.2. The standard InChI is InChI=1S/C14H18FN3O3/c1-2-3-14(19)17-8-6-16(7-9-17)12-5-4-11(15)10-13(12)18(20)21/h4-5,10H,2-3,6-9H2,1H3. The summed E-state index contributed by atoms with van der Waals surface area (Å²) in [6.45, 7) is 4.06. The Morgan fingerprint density at radius 3 is 2.57 bits per heavy atom. The summed E-state index contributed by atoms with van der Waals surface area (Å²) in [5.74, 6) is -0.507. The van der Waals surface area contributed by atoms with Gasteiger partial charge in [0.2, 0.25) is 5.91 Å². The third-order valence-electron chi connectivity index (χ3n) is 3.57. The van der Waals surface area contributed by atoms with Crippen molar-refractivity contribution in [3.8, 4) is 0 Å². The van der Waals surface area contributed by atoms with Gasteiger partial charge < -0.3 is 9.80 Å². The lowest BCUT2D eigenvalue weighted by molar-refractivity contribution is -0.384. The van der Waals surface area contributed by atoms with E-state index in [2.05, 4.69) is 0 Å². The summed E-state index contributed by atoms with van der Waals surface area (Å²) in [6.07, 6.45) is 1.33. The molecule has 0 atom stereocenters. The Labute approximate surface area is 122 Å². The number of hydrogen-bond acceptors (Lipinski definition) is 4. The second-order valence-electron chi connectivity index (χ2n) is 5.01. The smallest absolute Gasteiger partial charge is 0.295 e. The maximum atomic E-state index is 13.2. The van der Waals surface area contributed by atoms with Crippen molar-refractivity contribution >= 4 is 17.3 Å². The fourth-order valence-corrected chi connectivity index (χ4v) is 2.48. The van der Waals surface area contributed by atoms with E-state index in [0.29, 0.717) is 38.3 Å². The van der Waals surface area contributed by atoms with Crippen molar-refractivity contribution in [3.63, 3.8) is 0 Å². The number of nitrogens with zero attached hydrogens (tertiary/aromatic N) is 3. The minimum absolute atomic E-state index is 0.116. The molecule has 0 bridgehead atoms. The summed E-state index contributed by atoms with van der Waals surface area (Å²) >= 11 is 0. The first-order valence-electron chi connectivity index (χ1n) is 6.99. The van der Waals surface area contributed by atoms with Gasteiger partial charge in [-0.3, -0.25) is 14.9 Å². The van der Waals surface area contributed by atoms with Gasteiger partial charge in [0.25, 0.3) is 5.69 Å². The summed E-state index contributed by atoms with van der Waals surface area (Å²) < 4.78 is 13.2. The van der Waals surface area contributed by atoms with Crippen LogP contribution in [0.15, 0.2) is 18.2 Å². The van der Waals surface area contributed by atoms with Crippen LogP contribution in [0.4, 0.5) is 15.8 Å². The molecular formula is C14H18FN3O3. The Bertz CT molecular complexity index is 542. The quantitative estimate of drug-likeness (QED) is 0.631. The van der Waals surface area contributed by atoms with Crippen LogP contribution in [0, 0.1) is 15.9 Å². The van der Waals surface area contributed by atoms with E-state index in [-0.39, 0.29) is 11.6 Å². The number of halogens is 1. The average molecular weight is 295 g/mol. The second-order valence-corrected chi connectivity index (χ2v) is 5.01. The van der Waals surface area contributed by atoms with Gasteiger partial charge in [0, 0.05) is 32.6 Å². The predicted octanol–water partition coefficient (Wildman–Crippen LogP) is 2.18. The molecule has 0 unspecified atom stereocenters. The fourth-order valence-electron chi connectivity index (χ4n) is 2.48. The molecule has 0 saturated carbocycles. The zero-order valence-corrected chi connectivity index (χ0v) is 11.9. The molecule has 7 heteroatoms. The average Bonchev–Trinajstić information content (AvgIpc) is 2.47. The van der Waals surface area contributed by atoms with E-state index in [1.165, 1.54) is 12.1 Å². The van der Waals surface area contributed by atoms with Crippen LogP contribution >= 0.6 is 0 Å². The fraction of sp³-hybridized carbons (Fsp3) is 0.500. The lowest BCUT2D eigenvalue weighted by Crippen LogP contribution is -2.48. The number of piperazine rings is 1. The molecule has 0 N–H and O–H groups in total. The minimum Gasteiger partial charge on any atom is -0.362 e. The third-order valence-corrected chi connectivity index (χ3v) is 3.57. The van der Waals surface area contributed by atoms with Gasteiger partial charge in [0.1, 0.15) is 11.5 Å². The van der Waals surface area contributed by atoms with Gasteiger partial charge in [-0.25, -0.2) is 4.39 Å². The van der Waals surface area contributed by atoms with E-state index in [4.69, 9.17) is 0 Å². The van der Waals surface area contributed by atoms with Crippen LogP contribution < -0.4 is 4.90 Å². The number of anilines is 1. The number of carbonyl (C=O) groups is 1. The largest absolute Gasteiger partial charge is 0.362 e. The molecule has 1 fully saturated rings. The molecule has 0 radical (unpaired) electrons. The van der Waals surface area contributed by atoms with Crippen molar-refractivity contribution in [2.75, 3.05) is 31.1 Å². The first kappa shape index (κ1) is 15.2. The highest BCUT2D eigenvalue weighted by Gasteiger charge is 2.25. The number of nitro groups is 1. The molecule has 1 saturated heterocycles. The van der Waals surface area contributed by atoms with Crippen LogP contribution in [-0.4, -0.2) is 41.9 Å². The van der Waals surface area contributed by atoms with Crippen molar-refractivity contribution in [2.24, 2.45) is 0 Å². The van der Waals surface area contributed by atoms with Crippen LogP contribution in [0.25, 0.3) is 0 Å². The Kier molecular flexibility index (Phi) is 4.72. The van der Waals surface area contributed by atoms with Gasteiger partial charge in [0.05, 0.1) is 11.0 Å². The molecule has 0 aliphatic carbocycles. The highest BCUT2D eigenvalue weighted by atomic mass is 19.1. The topological polar surface area (TPSA) is 66.7 Å². The third kappa shape index (κ3) is 3.48. The van der Waals surface area contributed by atoms with E-state index in [9.17, 15) is 19.3 Å². The summed E-state index contributed by atoms with van der Waals surface area (Å²) in [6, 6.07) is 3.58. The van der Waals surface area contributed by atoms with E-state index < -0.39 is 10.7 Å². The number of nitro benzene ring substituents is 1. The molecule has 2 rings (SSSR count). The SMILES string of the molecule is CCCC(=O)N1CCN(c2ccc(F)cc2[N+](=O)[O-])CC1. The Hall–Kier alpha value is -2.18. The molecule has 1 aliphatic heterocycles. The molecule has 1 amide bonds. The van der Waals surface area contributed by atoms with E-state index >= 15 is 0 Å². The van der Waals surface area contributed by atoms with Crippen LogP contribution in [0.3, 0.4) is 0 Å². The zero-order valence-electron chi connectivity index (χ0n) is 11.9. The minimum atomic E-state index is -0.623. The second kappa shape index (κ2) is 6.51. The van der Waals surface area contributed by atoms with Crippen LogP contribution in [-0.2, 0) is 4.79 Å². The maximum Gasteiger partial charge on any atom is 0.295 e. The van der Waals surface area contributed by atoms with Gasteiger partial charge in [-0.2, -0.15) is 0 Å². The molecule has 0 spiro atoms. The zero-order chi connectivity index (χ0) is 15.4. The molecule has 1 aromatic rings. The number of amides is 1. The summed E-state index contributed by atoms with van der Waals surface area (Å²) in [5.41, 5.74) is 0.173. The van der Waals surface area contributed by atoms with Crippen molar-refractivity contribution in [1.82, 2.24) is 4.90 Å². The van der Waals surface area contributed by atoms with Gasteiger partial charge in [0.15, 0.2) is 0 Å². The molecule has 1 aromatic carbocycles. The van der Waals surface area contributed by atoms with E-state index in [0.717, 1.165) is 12.5 Å². The normalized spacial score (nSPS) is 15.1. The Morgan fingerprint density at radius 2 is 2.00 bits per heavy atom. The maximum absolute atomic E-state index is 13.2. The number of carbonyl (C=O) groups excluding carboxylic acids is 1. The molecular weight excluding hydrogens is 277 g/mol. The van der Waals surface area contributed by atoms with Crippen molar-refractivity contribution < 1.29 is 14.1 Å². The molecule has 1 heterocycles. The molecule has 1 aliphatic rings. The molecule has 21 heavy (non-hydrogen) atoms. The van der Waals surface area contributed by atoms with E-state index in [1.807, 2.05) is 11.8 Å². The number of benzene rings is 1. The van der Waals surface area contributed by atoms with Gasteiger partial charge >= 0.3 is 0 Å². The summed E-state index contributed by atoms with van der Waals surface area (Å²) in [4.78, 5) is 25.9. The molecule has 6 nitrogen and oxygen atoms in total. The summed E-state index contributed by atoms with van der Waals surface area (Å²) in [7, 11) is 0. The number of rotatable bonds is 4. The van der Waals surface area contributed by atoms with Crippen molar-refractivity contribution in [1.29, 1.82) is 0 Å². The predicted molar refractivity (Wildman–Crippen MR) is 76.8 cm³/mol. The van der Waals surface area contributed by atoms with Crippen LogP contribution in [0.5, 0.6) is 0 Å². The van der Waals surface area contributed by atoms with Crippen LogP contribution in [0.2, 0.25) is 0 Å². The molecule has 114 valence electrons. The van der Waals surface area contributed by atoms with Gasteiger partial charge in [-0.15, -0.1) is 0 Å². The number of hydrogen-bond donors (Lipinski definition) is 0. The van der Waals surface area contributed by atoms with Gasteiger partial charge in [-0.1, -0.05) is 6.92 Å². The first-order valence-corrected chi connectivity index (χ1v) is 6.99. The van der Waals surface area contributed by atoms with Crippen molar-refractivity contribution in [2.45, 2.75) is 19.8 Å². The highest BCUT2D eigenvalue weighted by molar-refractivity contribution is 5.76. The molecule has 0 aromatic heterocycles. The van der Waals surface area contributed by atoms with E-state index in [1.54, 1.807) is 4.90 Å².